The smallest absolute Gasteiger partial charge is 0.267 e. The van der Waals surface area contributed by atoms with Crippen molar-refractivity contribution in [3.05, 3.63) is 68.1 Å². The van der Waals surface area contributed by atoms with Gasteiger partial charge in [0.15, 0.2) is 0 Å². The van der Waals surface area contributed by atoms with Crippen molar-refractivity contribution < 1.29 is 9.53 Å². The monoisotopic (exact) mass is 420 g/mol. The Morgan fingerprint density at radius 2 is 2.07 bits per heavy atom. The first kappa shape index (κ1) is 20.5. The first-order valence-electron chi connectivity index (χ1n) is 9.18. The van der Waals surface area contributed by atoms with Crippen molar-refractivity contribution in [2.75, 3.05) is 19.7 Å². The van der Waals surface area contributed by atoms with Gasteiger partial charge in [-0.1, -0.05) is 35.3 Å². The summed E-state index contributed by atoms with van der Waals surface area (Å²) in [5, 5.41) is 0.634. The quantitative estimate of drug-likeness (QED) is 0.780. The van der Waals surface area contributed by atoms with E-state index in [4.69, 9.17) is 27.9 Å². The minimum atomic E-state index is -0.348. The van der Waals surface area contributed by atoms with Gasteiger partial charge >= 0.3 is 0 Å². The molecule has 0 radical (unpaired) electrons. The number of nitrogens with zero attached hydrogens (tertiary/aromatic N) is 1. The molecule has 1 aliphatic rings. The van der Waals surface area contributed by atoms with Crippen molar-refractivity contribution in [2.45, 2.75) is 20.3 Å². The third-order valence-corrected chi connectivity index (χ3v) is 5.36. The van der Waals surface area contributed by atoms with E-state index in [2.05, 4.69) is 11.1 Å². The van der Waals surface area contributed by atoms with E-state index >= 15 is 0 Å². The second-order valence-electron chi connectivity index (χ2n) is 6.72. The van der Waals surface area contributed by atoms with Gasteiger partial charge in [0.2, 0.25) is 5.91 Å². The number of aromatic nitrogens is 1. The Kier molecular flexibility index (Phi) is 6.47. The summed E-state index contributed by atoms with van der Waals surface area (Å²) in [6, 6.07) is 8.91. The number of hydrogen-bond acceptors (Lipinski definition) is 3. The number of rotatable bonds is 5. The summed E-state index contributed by atoms with van der Waals surface area (Å²) in [7, 11) is 0. The van der Waals surface area contributed by atoms with Crippen LogP contribution in [0.25, 0.3) is 5.57 Å². The van der Waals surface area contributed by atoms with Crippen LogP contribution >= 0.6 is 23.2 Å². The molecule has 1 atom stereocenters. The van der Waals surface area contributed by atoms with Crippen molar-refractivity contribution in [3.63, 3.8) is 0 Å². The molecule has 28 heavy (non-hydrogen) atoms. The molecule has 2 aromatic rings. The molecule has 2 heterocycles. The maximum Gasteiger partial charge on any atom is 0.267 e. The lowest BCUT2D eigenvalue weighted by molar-refractivity contribution is -0.127. The number of H-pyrrole nitrogens is 1. The standard InChI is InChI=1S/C21H22Cl2N2O3/c1-3-28-20-7-4-15(11-18(20)23)16(19-6-5-17(22)21(27)24-19)10-14-8-9-25(12-14)13(2)26/h4-7,10-11,14H,3,8-9,12H2,1-2H3,(H,24,27)/t14-/m1/s1. The van der Waals surface area contributed by atoms with E-state index in [1.165, 1.54) is 0 Å². The lowest BCUT2D eigenvalue weighted by Crippen LogP contribution is -2.25. The van der Waals surface area contributed by atoms with Gasteiger partial charge in [0.25, 0.3) is 5.56 Å². The molecule has 7 heteroatoms. The summed E-state index contributed by atoms with van der Waals surface area (Å²) in [6.07, 6.45) is 2.96. The Morgan fingerprint density at radius 3 is 2.68 bits per heavy atom. The molecule has 1 fully saturated rings. The van der Waals surface area contributed by atoms with Crippen LogP contribution in [0, 0.1) is 5.92 Å². The molecule has 3 rings (SSSR count). The van der Waals surface area contributed by atoms with Crippen molar-refractivity contribution in [1.82, 2.24) is 9.88 Å². The molecule has 148 valence electrons. The first-order chi connectivity index (χ1) is 13.4. The van der Waals surface area contributed by atoms with Crippen LogP contribution in [0.5, 0.6) is 5.75 Å². The third-order valence-electron chi connectivity index (χ3n) is 4.77. The molecule has 0 spiro atoms. The molecule has 0 unspecified atom stereocenters. The zero-order valence-electron chi connectivity index (χ0n) is 15.8. The van der Waals surface area contributed by atoms with Crippen LogP contribution in [0.1, 0.15) is 31.5 Å². The zero-order valence-corrected chi connectivity index (χ0v) is 17.3. The summed E-state index contributed by atoms with van der Waals surface area (Å²) in [5.74, 6) is 0.866. The van der Waals surface area contributed by atoms with Crippen molar-refractivity contribution in [3.8, 4) is 5.75 Å². The van der Waals surface area contributed by atoms with Crippen LogP contribution < -0.4 is 10.3 Å². The predicted molar refractivity (Wildman–Crippen MR) is 112 cm³/mol. The number of aromatic amines is 1. The van der Waals surface area contributed by atoms with Gasteiger partial charge in [-0.25, -0.2) is 0 Å². The lowest BCUT2D eigenvalue weighted by atomic mass is 9.96. The predicted octanol–water partition coefficient (Wildman–Crippen LogP) is 4.38. The fourth-order valence-electron chi connectivity index (χ4n) is 3.34. The Labute approximate surface area is 173 Å². The van der Waals surface area contributed by atoms with Crippen molar-refractivity contribution in [2.24, 2.45) is 5.92 Å². The number of halogens is 2. The fraction of sp³-hybridized carbons (Fsp3) is 0.333. The normalized spacial score (nSPS) is 17.1. The SMILES string of the molecule is CCOc1ccc(C(=C[C@H]2CCN(C(C)=O)C2)c2ccc(Cl)c(=O)[nH]2)cc1Cl. The van der Waals surface area contributed by atoms with Gasteiger partial charge in [-0.3, -0.25) is 9.59 Å². The molecule has 1 saturated heterocycles. The minimum absolute atomic E-state index is 0.0708. The molecule has 1 N–H and O–H groups in total. The van der Waals surface area contributed by atoms with Crippen LogP contribution in [-0.4, -0.2) is 35.5 Å². The van der Waals surface area contributed by atoms with Gasteiger partial charge in [0.05, 0.1) is 11.6 Å². The van der Waals surface area contributed by atoms with E-state index in [0.717, 1.165) is 24.1 Å². The van der Waals surface area contributed by atoms with Gasteiger partial charge in [-0.05, 0) is 49.1 Å². The molecule has 0 saturated carbocycles. The number of ether oxygens (including phenoxy) is 1. The zero-order chi connectivity index (χ0) is 20.3. The molecule has 0 bridgehead atoms. The highest BCUT2D eigenvalue weighted by atomic mass is 35.5. The van der Waals surface area contributed by atoms with Crippen LogP contribution in [0.4, 0.5) is 0 Å². The topological polar surface area (TPSA) is 62.4 Å². The average molecular weight is 421 g/mol. The molecular weight excluding hydrogens is 399 g/mol. The number of likely N-dealkylation sites (tertiary alicyclic amines) is 1. The molecule has 1 aromatic heterocycles. The third kappa shape index (κ3) is 4.59. The molecule has 5 nitrogen and oxygen atoms in total. The summed E-state index contributed by atoms with van der Waals surface area (Å²) in [4.78, 5) is 28.4. The van der Waals surface area contributed by atoms with E-state index in [-0.39, 0.29) is 22.4 Å². The van der Waals surface area contributed by atoms with Crippen LogP contribution in [0.2, 0.25) is 10.0 Å². The first-order valence-corrected chi connectivity index (χ1v) is 9.94. The van der Waals surface area contributed by atoms with Crippen LogP contribution in [0.3, 0.4) is 0 Å². The van der Waals surface area contributed by atoms with Gasteiger partial charge in [-0.15, -0.1) is 0 Å². The maximum atomic E-state index is 12.0. The number of amides is 1. The average Bonchev–Trinajstić information content (AvgIpc) is 3.13. The Hall–Kier alpha value is -2.24. The highest BCUT2D eigenvalue weighted by Gasteiger charge is 2.24. The Morgan fingerprint density at radius 1 is 1.29 bits per heavy atom. The highest BCUT2D eigenvalue weighted by Crippen LogP contribution is 2.32. The summed E-state index contributed by atoms with van der Waals surface area (Å²) in [5.41, 5.74) is 2.00. The van der Waals surface area contributed by atoms with Gasteiger partial charge in [0.1, 0.15) is 10.8 Å². The summed E-state index contributed by atoms with van der Waals surface area (Å²) < 4.78 is 5.51. The molecule has 1 aromatic carbocycles. The van der Waals surface area contributed by atoms with E-state index in [1.807, 2.05) is 30.0 Å². The number of carbonyl (C=O) groups excluding carboxylic acids is 1. The maximum absolute atomic E-state index is 12.0. The van der Waals surface area contributed by atoms with Gasteiger partial charge < -0.3 is 14.6 Å². The second kappa shape index (κ2) is 8.84. The molecule has 1 aliphatic heterocycles. The van der Waals surface area contributed by atoms with E-state index < -0.39 is 0 Å². The lowest BCUT2D eigenvalue weighted by Gasteiger charge is -2.15. The van der Waals surface area contributed by atoms with Crippen LogP contribution in [-0.2, 0) is 4.79 Å². The van der Waals surface area contributed by atoms with Gasteiger partial charge in [-0.2, -0.15) is 0 Å². The van der Waals surface area contributed by atoms with Crippen molar-refractivity contribution in [1.29, 1.82) is 0 Å². The summed E-state index contributed by atoms with van der Waals surface area (Å²) in [6.45, 7) is 5.38. The van der Waals surface area contributed by atoms with E-state index in [0.29, 0.717) is 29.6 Å². The number of benzene rings is 1. The number of carbonyl (C=O) groups is 1. The Balaban J connectivity index is 2.03. The molecule has 1 amide bonds. The second-order valence-corrected chi connectivity index (χ2v) is 7.54. The number of hydrogen-bond donors (Lipinski definition) is 1. The number of nitrogens with one attached hydrogen (secondary N) is 1. The van der Waals surface area contributed by atoms with E-state index in [9.17, 15) is 9.59 Å². The minimum Gasteiger partial charge on any atom is -0.492 e. The largest absolute Gasteiger partial charge is 0.492 e. The van der Waals surface area contributed by atoms with Crippen LogP contribution in [0.15, 0.2) is 41.2 Å². The summed E-state index contributed by atoms with van der Waals surface area (Å²) >= 11 is 12.3. The van der Waals surface area contributed by atoms with Gasteiger partial charge in [0, 0.05) is 31.3 Å². The van der Waals surface area contributed by atoms with Crippen molar-refractivity contribution >= 4 is 34.7 Å². The molecule has 0 aliphatic carbocycles. The fourth-order valence-corrected chi connectivity index (χ4v) is 3.69. The van der Waals surface area contributed by atoms with E-state index in [1.54, 1.807) is 19.1 Å². The Bertz CT molecular complexity index is 968. The molecular formula is C21H22Cl2N2O3. The number of pyridine rings is 1. The highest BCUT2D eigenvalue weighted by molar-refractivity contribution is 6.32.